The smallest absolute Gasteiger partial charge is 0.174 e. The number of hydrogen-bond acceptors (Lipinski definition) is 4. The van der Waals surface area contributed by atoms with Crippen LogP contribution in [-0.2, 0) is 6.61 Å². The average Bonchev–Trinajstić information content (AvgIpc) is 3.04. The zero-order chi connectivity index (χ0) is 16.1. The number of nitrogens with zero attached hydrogens (tertiary/aromatic N) is 1. The van der Waals surface area contributed by atoms with Crippen LogP contribution in [0, 0.1) is 0 Å². The van der Waals surface area contributed by atoms with E-state index in [9.17, 15) is 0 Å². The van der Waals surface area contributed by atoms with Crippen molar-refractivity contribution in [1.82, 2.24) is 5.16 Å². The molecule has 0 fully saturated rings. The fourth-order valence-corrected chi connectivity index (χ4v) is 2.05. The van der Waals surface area contributed by atoms with Gasteiger partial charge in [0.05, 0.1) is 5.69 Å². The van der Waals surface area contributed by atoms with E-state index >= 15 is 0 Å². The van der Waals surface area contributed by atoms with E-state index in [1.165, 1.54) is 0 Å². The molecule has 0 aliphatic heterocycles. The predicted octanol–water partition coefficient (Wildman–Crippen LogP) is 5.17. The molecule has 118 valence electrons. The van der Waals surface area contributed by atoms with Crippen molar-refractivity contribution in [3.8, 4) is 17.2 Å². The molecule has 23 heavy (non-hydrogen) atoms. The van der Waals surface area contributed by atoms with Gasteiger partial charge in [-0.1, -0.05) is 37.2 Å². The summed E-state index contributed by atoms with van der Waals surface area (Å²) in [5, 5.41) is 4.01. The van der Waals surface area contributed by atoms with Crippen molar-refractivity contribution in [3.63, 3.8) is 0 Å². The molecule has 0 atom stereocenters. The highest BCUT2D eigenvalue weighted by atomic mass is 16.5. The van der Waals surface area contributed by atoms with Crippen molar-refractivity contribution in [2.24, 2.45) is 0 Å². The third-order valence-corrected chi connectivity index (χ3v) is 3.35. The van der Waals surface area contributed by atoms with Crippen molar-refractivity contribution in [2.75, 3.05) is 0 Å². The summed E-state index contributed by atoms with van der Waals surface area (Å²) in [5.74, 6) is 3.41. The summed E-state index contributed by atoms with van der Waals surface area (Å²) in [6.07, 6.45) is 0. The van der Waals surface area contributed by atoms with Gasteiger partial charge in [-0.05, 0) is 42.3 Å². The lowest BCUT2D eigenvalue weighted by Gasteiger charge is -2.07. The number of benzene rings is 2. The van der Waals surface area contributed by atoms with Crippen LogP contribution in [0.2, 0.25) is 0 Å². The highest BCUT2D eigenvalue weighted by Gasteiger charge is 2.08. The molecule has 0 saturated heterocycles. The number of ether oxygens (including phenoxy) is 2. The van der Waals surface area contributed by atoms with Crippen molar-refractivity contribution < 1.29 is 14.0 Å². The summed E-state index contributed by atoms with van der Waals surface area (Å²) in [5.41, 5.74) is 0.940. The molecule has 0 N–H and O–H groups in total. The molecule has 3 aromatic rings. The second-order valence-corrected chi connectivity index (χ2v) is 5.55. The number of aromatic nitrogens is 1. The Morgan fingerprint density at radius 1 is 0.913 bits per heavy atom. The van der Waals surface area contributed by atoms with Gasteiger partial charge in [0.15, 0.2) is 5.76 Å². The number of rotatable bonds is 6. The lowest BCUT2D eigenvalue weighted by Crippen LogP contribution is -1.94. The maximum Gasteiger partial charge on any atom is 0.174 e. The molecule has 3 rings (SSSR count). The average molecular weight is 309 g/mol. The first-order chi connectivity index (χ1) is 11.2. The maximum absolute atomic E-state index is 5.74. The van der Waals surface area contributed by atoms with E-state index in [1.54, 1.807) is 0 Å². The van der Waals surface area contributed by atoms with Crippen molar-refractivity contribution in [1.29, 1.82) is 0 Å². The lowest BCUT2D eigenvalue weighted by molar-refractivity contribution is 0.248. The van der Waals surface area contributed by atoms with Crippen molar-refractivity contribution in [3.05, 3.63) is 72.1 Å². The summed E-state index contributed by atoms with van der Waals surface area (Å²) in [7, 11) is 0. The van der Waals surface area contributed by atoms with E-state index in [1.807, 2.05) is 60.7 Å². The fraction of sp³-hybridized carbons (Fsp3) is 0.211. The van der Waals surface area contributed by atoms with Crippen molar-refractivity contribution >= 4 is 0 Å². The quantitative estimate of drug-likeness (QED) is 0.630. The molecule has 4 heteroatoms. The van der Waals surface area contributed by atoms with Crippen LogP contribution < -0.4 is 9.47 Å². The molecule has 0 amide bonds. The Hall–Kier alpha value is -2.75. The van der Waals surface area contributed by atoms with Gasteiger partial charge < -0.3 is 14.0 Å². The van der Waals surface area contributed by atoms with Crippen LogP contribution in [0.4, 0.5) is 0 Å². The minimum atomic E-state index is 0.349. The van der Waals surface area contributed by atoms with Gasteiger partial charge in [-0.15, -0.1) is 0 Å². The van der Waals surface area contributed by atoms with E-state index in [4.69, 9.17) is 14.0 Å². The van der Waals surface area contributed by atoms with Crippen LogP contribution in [0.3, 0.4) is 0 Å². The van der Waals surface area contributed by atoms with Crippen LogP contribution >= 0.6 is 0 Å². The van der Waals surface area contributed by atoms with Crippen LogP contribution in [-0.4, -0.2) is 5.16 Å². The molecule has 0 saturated carbocycles. The Morgan fingerprint density at radius 3 is 2.22 bits per heavy atom. The Kier molecular flexibility index (Phi) is 4.62. The predicted molar refractivity (Wildman–Crippen MR) is 87.9 cm³/mol. The van der Waals surface area contributed by atoms with Gasteiger partial charge in [0.2, 0.25) is 0 Å². The summed E-state index contributed by atoms with van der Waals surface area (Å²) in [6, 6.07) is 19.1. The lowest BCUT2D eigenvalue weighted by atomic mass is 10.1. The molecule has 0 aliphatic rings. The monoisotopic (exact) mass is 309 g/mol. The molecule has 0 bridgehead atoms. The van der Waals surface area contributed by atoms with Gasteiger partial charge >= 0.3 is 0 Å². The first kappa shape index (κ1) is 15.2. The standard InChI is InChI=1S/C19H19NO3/c1-14(2)19-12-18(23-20-19)13-21-15-8-10-17(11-9-15)22-16-6-4-3-5-7-16/h3-12,14H,13H2,1-2H3. The van der Waals surface area contributed by atoms with E-state index < -0.39 is 0 Å². The van der Waals surface area contributed by atoms with Crippen LogP contribution in [0.25, 0.3) is 0 Å². The SMILES string of the molecule is CC(C)c1cc(COc2ccc(Oc3ccccc3)cc2)on1. The van der Waals surface area contributed by atoms with Crippen LogP contribution in [0.1, 0.15) is 31.2 Å². The topological polar surface area (TPSA) is 44.5 Å². The van der Waals surface area contributed by atoms with E-state index in [0.29, 0.717) is 12.5 Å². The highest BCUT2D eigenvalue weighted by Crippen LogP contribution is 2.24. The summed E-state index contributed by atoms with van der Waals surface area (Å²) in [6.45, 7) is 4.51. The minimum Gasteiger partial charge on any atom is -0.486 e. The molecule has 0 spiro atoms. The molecular formula is C19H19NO3. The molecule has 4 nitrogen and oxygen atoms in total. The largest absolute Gasteiger partial charge is 0.486 e. The first-order valence-electron chi connectivity index (χ1n) is 7.62. The van der Waals surface area contributed by atoms with Gasteiger partial charge in [0.25, 0.3) is 0 Å². The molecule has 0 unspecified atom stereocenters. The Bertz CT molecular complexity index is 733. The zero-order valence-corrected chi connectivity index (χ0v) is 13.2. The van der Waals surface area contributed by atoms with Crippen molar-refractivity contribution in [2.45, 2.75) is 26.4 Å². The second kappa shape index (κ2) is 7.01. The first-order valence-corrected chi connectivity index (χ1v) is 7.62. The van der Waals surface area contributed by atoms with Gasteiger partial charge in [-0.2, -0.15) is 0 Å². The summed E-state index contributed by atoms with van der Waals surface area (Å²) >= 11 is 0. The Balaban J connectivity index is 1.56. The summed E-state index contributed by atoms with van der Waals surface area (Å²) < 4.78 is 16.7. The normalized spacial score (nSPS) is 10.7. The second-order valence-electron chi connectivity index (χ2n) is 5.55. The maximum atomic E-state index is 5.74. The van der Waals surface area contributed by atoms with E-state index in [2.05, 4.69) is 19.0 Å². The minimum absolute atomic E-state index is 0.349. The van der Waals surface area contributed by atoms with Crippen LogP contribution in [0.15, 0.2) is 65.2 Å². The molecule has 0 aliphatic carbocycles. The number of hydrogen-bond donors (Lipinski definition) is 0. The molecule has 2 aromatic carbocycles. The van der Waals surface area contributed by atoms with E-state index in [-0.39, 0.29) is 0 Å². The van der Waals surface area contributed by atoms with E-state index in [0.717, 1.165) is 28.7 Å². The fourth-order valence-electron chi connectivity index (χ4n) is 2.05. The Labute approximate surface area is 135 Å². The third kappa shape index (κ3) is 4.13. The molecule has 1 heterocycles. The van der Waals surface area contributed by atoms with Gasteiger partial charge in [0.1, 0.15) is 23.9 Å². The number of para-hydroxylation sites is 1. The van der Waals surface area contributed by atoms with Gasteiger partial charge in [-0.25, -0.2) is 0 Å². The Morgan fingerprint density at radius 2 is 1.57 bits per heavy atom. The molecule has 0 radical (unpaired) electrons. The third-order valence-electron chi connectivity index (χ3n) is 3.35. The van der Waals surface area contributed by atoms with Crippen LogP contribution in [0.5, 0.6) is 17.2 Å². The highest BCUT2D eigenvalue weighted by molar-refractivity contribution is 5.35. The zero-order valence-electron chi connectivity index (χ0n) is 13.2. The molecule has 1 aromatic heterocycles. The molecular weight excluding hydrogens is 290 g/mol. The summed E-state index contributed by atoms with van der Waals surface area (Å²) in [4.78, 5) is 0. The van der Waals surface area contributed by atoms with Gasteiger partial charge in [0, 0.05) is 6.07 Å². The van der Waals surface area contributed by atoms with Gasteiger partial charge in [-0.3, -0.25) is 0 Å².